The zero-order valence-corrected chi connectivity index (χ0v) is 21.3. The molecule has 3 aromatic carbocycles. The van der Waals surface area contributed by atoms with Crippen molar-refractivity contribution < 1.29 is 22.7 Å². The molecule has 7 nitrogen and oxygen atoms in total. The van der Waals surface area contributed by atoms with Crippen LogP contribution in [0.15, 0.2) is 77.7 Å². The Labute approximate surface area is 207 Å². The maximum Gasteiger partial charge on any atom is 0.243 e. The van der Waals surface area contributed by atoms with Crippen molar-refractivity contribution in [2.75, 3.05) is 32.6 Å². The van der Waals surface area contributed by atoms with E-state index in [0.29, 0.717) is 23.6 Å². The zero-order chi connectivity index (χ0) is 23.8. The maximum absolute atomic E-state index is 13.5. The Bertz CT molecular complexity index is 1190. The van der Waals surface area contributed by atoms with E-state index >= 15 is 0 Å². The number of hydrogen-bond acceptors (Lipinski definition) is 5. The Morgan fingerprint density at radius 1 is 0.939 bits per heavy atom. The number of carbonyl (C=O) groups is 1. The van der Waals surface area contributed by atoms with E-state index in [1.54, 1.807) is 12.1 Å². The highest BCUT2D eigenvalue weighted by Crippen LogP contribution is 2.30. The molecule has 0 saturated heterocycles. The molecule has 9 heteroatoms. The molecular formula is C24H25IN2O5S. The number of nitrogens with zero attached hydrogens (tertiary/aromatic N) is 1. The Hall–Kier alpha value is -2.63. The molecular weight excluding hydrogens is 555 g/mol. The number of methoxy groups -OCH3 is 2. The summed E-state index contributed by atoms with van der Waals surface area (Å²) in [6.07, 6.45) is 0.462. The van der Waals surface area contributed by atoms with Crippen molar-refractivity contribution in [3.8, 4) is 11.5 Å². The molecule has 3 aromatic rings. The fraction of sp³-hybridized carbons (Fsp3) is 0.208. The molecule has 0 aliphatic carbocycles. The summed E-state index contributed by atoms with van der Waals surface area (Å²) in [5.74, 6) is 0.294. The van der Waals surface area contributed by atoms with Crippen molar-refractivity contribution in [2.45, 2.75) is 11.3 Å². The fourth-order valence-electron chi connectivity index (χ4n) is 3.20. The Morgan fingerprint density at radius 2 is 1.61 bits per heavy atom. The van der Waals surface area contributed by atoms with Crippen LogP contribution in [0.25, 0.3) is 0 Å². The highest BCUT2D eigenvalue weighted by Gasteiger charge is 2.27. The van der Waals surface area contributed by atoms with Gasteiger partial charge in [0.25, 0.3) is 0 Å². The van der Waals surface area contributed by atoms with Gasteiger partial charge < -0.3 is 14.8 Å². The lowest BCUT2D eigenvalue weighted by atomic mass is 10.1. The molecule has 0 bridgehead atoms. The number of sulfonamides is 1. The number of amides is 1. The number of rotatable bonds is 10. The molecule has 0 fully saturated rings. The summed E-state index contributed by atoms with van der Waals surface area (Å²) in [6.45, 7) is -0.184. The van der Waals surface area contributed by atoms with Gasteiger partial charge >= 0.3 is 0 Å². The number of ether oxygens (including phenoxy) is 2. The number of carbonyl (C=O) groups excluding carboxylic acids is 1. The van der Waals surface area contributed by atoms with Crippen molar-refractivity contribution in [2.24, 2.45) is 0 Å². The number of hydrogen-bond donors (Lipinski definition) is 1. The van der Waals surface area contributed by atoms with Crippen molar-refractivity contribution in [1.29, 1.82) is 0 Å². The van der Waals surface area contributed by atoms with Gasteiger partial charge in [-0.3, -0.25) is 4.79 Å². The summed E-state index contributed by atoms with van der Waals surface area (Å²) in [6, 6.07) is 21.2. The van der Waals surface area contributed by atoms with Crippen LogP contribution in [0, 0.1) is 3.57 Å². The topological polar surface area (TPSA) is 84.9 Å². The summed E-state index contributed by atoms with van der Waals surface area (Å²) in [5.41, 5.74) is 1.58. The summed E-state index contributed by atoms with van der Waals surface area (Å²) in [4.78, 5) is 12.8. The smallest absolute Gasteiger partial charge is 0.243 e. The lowest BCUT2D eigenvalue weighted by Gasteiger charge is -2.22. The summed E-state index contributed by atoms with van der Waals surface area (Å²) in [5, 5.41) is 2.77. The minimum Gasteiger partial charge on any atom is -0.493 e. The first-order valence-corrected chi connectivity index (χ1v) is 12.7. The highest BCUT2D eigenvalue weighted by atomic mass is 127. The molecule has 0 spiro atoms. The number of nitrogens with one attached hydrogen (secondary N) is 1. The number of anilines is 1. The fourth-order valence-corrected chi connectivity index (χ4v) is 4.98. The van der Waals surface area contributed by atoms with Crippen LogP contribution in [0.4, 0.5) is 5.69 Å². The molecule has 33 heavy (non-hydrogen) atoms. The first-order valence-electron chi connectivity index (χ1n) is 10.1. The molecule has 3 rings (SSSR count). The van der Waals surface area contributed by atoms with Crippen LogP contribution in [0.1, 0.15) is 5.56 Å². The molecule has 0 unspecified atom stereocenters. The minimum atomic E-state index is -3.99. The van der Waals surface area contributed by atoms with Crippen molar-refractivity contribution in [3.05, 3.63) is 81.9 Å². The van der Waals surface area contributed by atoms with E-state index in [9.17, 15) is 13.2 Å². The monoisotopic (exact) mass is 580 g/mol. The predicted octanol–water partition coefficient (Wildman–Crippen LogP) is 4.18. The quantitative estimate of drug-likeness (QED) is 0.364. The van der Waals surface area contributed by atoms with Gasteiger partial charge in [0.05, 0.1) is 25.7 Å². The van der Waals surface area contributed by atoms with E-state index in [-0.39, 0.29) is 18.0 Å². The third-order valence-electron chi connectivity index (χ3n) is 4.93. The zero-order valence-electron chi connectivity index (χ0n) is 18.3. The van der Waals surface area contributed by atoms with Crippen molar-refractivity contribution >= 4 is 44.2 Å². The Morgan fingerprint density at radius 3 is 2.24 bits per heavy atom. The lowest BCUT2D eigenvalue weighted by Crippen LogP contribution is -2.39. The summed E-state index contributed by atoms with van der Waals surface area (Å²) in [7, 11) is -1.07. The molecule has 0 radical (unpaired) electrons. The largest absolute Gasteiger partial charge is 0.493 e. The predicted molar refractivity (Wildman–Crippen MR) is 136 cm³/mol. The molecule has 174 valence electrons. The molecule has 0 aromatic heterocycles. The van der Waals surface area contributed by atoms with Gasteiger partial charge in [0.2, 0.25) is 15.9 Å². The van der Waals surface area contributed by atoms with E-state index in [0.717, 1.165) is 9.13 Å². The standard InChI is InChI=1S/C24H25IN2O5S/c1-31-22-13-12-21(16-23(22)32-2)33(29,30)27(15-14-18-6-4-3-5-7-18)17-24(28)26-20-10-8-19(25)9-11-20/h3-13,16H,14-15,17H2,1-2H3,(H,26,28). The van der Waals surface area contributed by atoms with Gasteiger partial charge in [-0.1, -0.05) is 30.3 Å². The van der Waals surface area contributed by atoms with Gasteiger partial charge in [0, 0.05) is 21.9 Å². The van der Waals surface area contributed by atoms with Crippen molar-refractivity contribution in [3.63, 3.8) is 0 Å². The first-order chi connectivity index (χ1) is 15.8. The Balaban J connectivity index is 1.86. The van der Waals surface area contributed by atoms with Crippen LogP contribution >= 0.6 is 22.6 Å². The van der Waals surface area contributed by atoms with Crippen molar-refractivity contribution in [1.82, 2.24) is 4.31 Å². The number of benzene rings is 3. The normalized spacial score (nSPS) is 11.3. The lowest BCUT2D eigenvalue weighted by molar-refractivity contribution is -0.116. The van der Waals surface area contributed by atoms with Gasteiger partial charge in [0.1, 0.15) is 0 Å². The van der Waals surface area contributed by atoms with E-state index in [1.807, 2.05) is 42.5 Å². The van der Waals surface area contributed by atoms with Crippen LogP contribution in [-0.2, 0) is 21.2 Å². The average molecular weight is 580 g/mol. The van der Waals surface area contributed by atoms with Gasteiger partial charge in [-0.2, -0.15) is 4.31 Å². The SMILES string of the molecule is COc1ccc(S(=O)(=O)N(CCc2ccccc2)CC(=O)Nc2ccc(I)cc2)cc1OC. The number of halogens is 1. The van der Waals surface area contributed by atoms with Crippen LogP contribution in [0.5, 0.6) is 11.5 Å². The minimum absolute atomic E-state index is 0.0234. The molecule has 0 saturated carbocycles. The van der Waals surface area contributed by atoms with Gasteiger partial charge in [0.15, 0.2) is 11.5 Å². The second-order valence-electron chi connectivity index (χ2n) is 7.15. The maximum atomic E-state index is 13.5. The summed E-state index contributed by atoms with van der Waals surface area (Å²) < 4.78 is 39.7. The van der Waals surface area contributed by atoms with E-state index in [4.69, 9.17) is 9.47 Å². The van der Waals surface area contributed by atoms with Gasteiger partial charge in [-0.15, -0.1) is 0 Å². The molecule has 1 amide bonds. The molecule has 1 N–H and O–H groups in total. The average Bonchev–Trinajstić information content (AvgIpc) is 2.83. The second kappa shape index (κ2) is 11.5. The molecule has 0 heterocycles. The van der Waals surface area contributed by atoms with Crippen LogP contribution in [-0.4, -0.2) is 45.9 Å². The van der Waals surface area contributed by atoms with Crippen LogP contribution in [0.2, 0.25) is 0 Å². The van der Waals surface area contributed by atoms with E-state index in [2.05, 4.69) is 27.9 Å². The first kappa shape index (κ1) is 25.0. The third kappa shape index (κ3) is 6.68. The van der Waals surface area contributed by atoms with Crippen LogP contribution < -0.4 is 14.8 Å². The Kier molecular flexibility index (Phi) is 8.70. The van der Waals surface area contributed by atoms with Crippen LogP contribution in [0.3, 0.4) is 0 Å². The van der Waals surface area contributed by atoms with E-state index in [1.165, 1.54) is 36.7 Å². The molecule has 0 atom stereocenters. The highest BCUT2D eigenvalue weighted by molar-refractivity contribution is 14.1. The second-order valence-corrected chi connectivity index (χ2v) is 10.3. The molecule has 0 aliphatic rings. The van der Waals surface area contributed by atoms with Gasteiger partial charge in [-0.05, 0) is 71.0 Å². The van der Waals surface area contributed by atoms with E-state index < -0.39 is 15.9 Å². The summed E-state index contributed by atoms with van der Waals surface area (Å²) >= 11 is 2.17. The third-order valence-corrected chi connectivity index (χ3v) is 7.49. The van der Waals surface area contributed by atoms with Gasteiger partial charge in [-0.25, -0.2) is 8.42 Å². The molecule has 0 aliphatic heterocycles.